The van der Waals surface area contributed by atoms with E-state index in [0.29, 0.717) is 27.6 Å². The van der Waals surface area contributed by atoms with Crippen molar-refractivity contribution in [2.75, 3.05) is 21.3 Å². The molecule has 1 aromatic heterocycles. The zero-order valence-electron chi connectivity index (χ0n) is 17.5. The van der Waals surface area contributed by atoms with E-state index in [9.17, 15) is 4.79 Å². The third-order valence-electron chi connectivity index (χ3n) is 5.30. The summed E-state index contributed by atoms with van der Waals surface area (Å²) in [4.78, 5) is 19.5. The summed E-state index contributed by atoms with van der Waals surface area (Å²) >= 11 is 1.59. The minimum Gasteiger partial charge on any atom is -0.493 e. The van der Waals surface area contributed by atoms with Gasteiger partial charge in [0.05, 0.1) is 27.0 Å². The second-order valence-corrected chi connectivity index (χ2v) is 7.95. The van der Waals surface area contributed by atoms with Gasteiger partial charge in [0, 0.05) is 22.5 Å². The Kier molecular flexibility index (Phi) is 5.63. The lowest BCUT2D eigenvalue weighted by molar-refractivity contribution is 0.0997. The molecule has 0 N–H and O–H groups in total. The van der Waals surface area contributed by atoms with Crippen molar-refractivity contribution < 1.29 is 19.0 Å². The highest BCUT2D eigenvalue weighted by Gasteiger charge is 2.22. The minimum absolute atomic E-state index is 0.344. The quantitative estimate of drug-likeness (QED) is 0.619. The molecule has 1 aliphatic carbocycles. The number of hydrogen-bond acceptors (Lipinski definition) is 5. The predicted octanol–water partition coefficient (Wildman–Crippen LogP) is 4.10. The Morgan fingerprint density at radius 1 is 1.07 bits per heavy atom. The largest absolute Gasteiger partial charge is 0.493 e. The van der Waals surface area contributed by atoms with Crippen LogP contribution in [0.2, 0.25) is 0 Å². The molecule has 0 unspecified atom stereocenters. The molecule has 7 heteroatoms. The normalized spacial score (nSPS) is 12.9. The van der Waals surface area contributed by atoms with Gasteiger partial charge in [-0.3, -0.25) is 4.79 Å². The first-order valence-corrected chi connectivity index (χ1v) is 10.6. The van der Waals surface area contributed by atoms with E-state index >= 15 is 0 Å². The monoisotopic (exact) mass is 424 g/mol. The van der Waals surface area contributed by atoms with E-state index in [0.717, 1.165) is 19.4 Å². The van der Waals surface area contributed by atoms with Gasteiger partial charge >= 0.3 is 0 Å². The highest BCUT2D eigenvalue weighted by molar-refractivity contribution is 7.09. The van der Waals surface area contributed by atoms with Crippen LogP contribution in [0, 0.1) is 0 Å². The maximum absolute atomic E-state index is 13.1. The minimum atomic E-state index is -0.344. The van der Waals surface area contributed by atoms with Gasteiger partial charge in [0.15, 0.2) is 16.3 Å². The van der Waals surface area contributed by atoms with Crippen LogP contribution >= 0.6 is 11.3 Å². The first-order chi connectivity index (χ1) is 14.6. The van der Waals surface area contributed by atoms with E-state index < -0.39 is 0 Å². The number of aromatic nitrogens is 1. The number of rotatable bonds is 5. The van der Waals surface area contributed by atoms with E-state index in [1.165, 1.54) is 43.0 Å². The zero-order chi connectivity index (χ0) is 21.3. The van der Waals surface area contributed by atoms with Gasteiger partial charge in [-0.1, -0.05) is 24.3 Å². The molecule has 4 rings (SSSR count). The smallest absolute Gasteiger partial charge is 0.279 e. The molecule has 0 aliphatic heterocycles. The Morgan fingerprint density at radius 2 is 1.77 bits per heavy atom. The zero-order valence-corrected chi connectivity index (χ0v) is 18.3. The highest BCUT2D eigenvalue weighted by atomic mass is 32.1. The number of benzene rings is 2. The summed E-state index contributed by atoms with van der Waals surface area (Å²) in [5.41, 5.74) is 4.14. The number of amides is 1. The van der Waals surface area contributed by atoms with E-state index in [1.807, 2.05) is 0 Å². The lowest BCUT2D eigenvalue weighted by Gasteiger charge is -2.18. The summed E-state index contributed by atoms with van der Waals surface area (Å²) in [5.74, 6) is 0.961. The van der Waals surface area contributed by atoms with Gasteiger partial charge < -0.3 is 18.8 Å². The summed E-state index contributed by atoms with van der Waals surface area (Å²) in [6.45, 7) is 2.81. The third-order valence-corrected chi connectivity index (χ3v) is 6.44. The summed E-state index contributed by atoms with van der Waals surface area (Å²) in [7, 11) is 4.58. The average molecular weight is 425 g/mol. The molecule has 3 aromatic rings. The number of hydrogen-bond donors (Lipinski definition) is 0. The van der Waals surface area contributed by atoms with Crippen LogP contribution < -0.4 is 19.0 Å². The van der Waals surface area contributed by atoms with Crippen molar-refractivity contribution in [2.45, 2.75) is 26.3 Å². The van der Waals surface area contributed by atoms with Crippen molar-refractivity contribution in [1.29, 1.82) is 0 Å². The van der Waals surface area contributed by atoms with Crippen molar-refractivity contribution in [3.63, 3.8) is 0 Å². The number of carbonyl (C=O) groups excluding carboxylic acids is 1. The molecule has 0 spiro atoms. The summed E-state index contributed by atoms with van der Waals surface area (Å²) in [6.07, 6.45) is 1.97. The van der Waals surface area contributed by atoms with E-state index in [2.05, 4.69) is 40.7 Å². The van der Waals surface area contributed by atoms with Gasteiger partial charge in [0.25, 0.3) is 5.91 Å². The topological polar surface area (TPSA) is 62.1 Å². The van der Waals surface area contributed by atoms with Crippen LogP contribution in [0.4, 0.5) is 0 Å². The van der Waals surface area contributed by atoms with Crippen LogP contribution in [0.1, 0.15) is 27.7 Å². The van der Waals surface area contributed by atoms with E-state index in [4.69, 9.17) is 14.2 Å². The maximum atomic E-state index is 13.1. The summed E-state index contributed by atoms with van der Waals surface area (Å²) < 4.78 is 18.2. The fraction of sp³-hybridized carbons (Fsp3) is 0.304. The van der Waals surface area contributed by atoms with Gasteiger partial charge in [-0.2, -0.15) is 4.99 Å². The molecule has 0 radical (unpaired) electrons. The number of carbonyl (C=O) groups is 1. The van der Waals surface area contributed by atoms with Crippen LogP contribution in [0.15, 0.2) is 41.4 Å². The Balaban J connectivity index is 1.82. The number of fused-ring (bicyclic) bond motifs is 3. The lowest BCUT2D eigenvalue weighted by Crippen LogP contribution is -2.18. The second-order valence-electron chi connectivity index (χ2n) is 6.89. The number of nitrogens with zero attached hydrogens (tertiary/aromatic N) is 2. The molecule has 6 nitrogen and oxygen atoms in total. The average Bonchev–Trinajstić information content (AvgIpc) is 3.15. The Morgan fingerprint density at radius 3 is 2.40 bits per heavy atom. The van der Waals surface area contributed by atoms with E-state index in [1.54, 1.807) is 23.5 Å². The number of aryl methyl sites for hydroxylation is 2. The van der Waals surface area contributed by atoms with E-state index in [-0.39, 0.29) is 5.91 Å². The maximum Gasteiger partial charge on any atom is 0.279 e. The van der Waals surface area contributed by atoms with Gasteiger partial charge in [0.2, 0.25) is 5.75 Å². The van der Waals surface area contributed by atoms with Gasteiger partial charge in [-0.05, 0) is 37.5 Å². The second kappa shape index (κ2) is 8.36. The Labute approximate surface area is 179 Å². The standard InChI is InChI=1S/C23H24N2O4S/c1-5-25-20-16-9-7-6-8-14(16)10-11-19(20)30-23(25)24-22(26)15-12-17(27-2)21(29-4)18(13-15)28-3/h6-9,12-13H,5,10-11H2,1-4H3. The van der Waals surface area contributed by atoms with Crippen molar-refractivity contribution in [3.05, 3.63) is 57.2 Å². The van der Waals surface area contributed by atoms with Gasteiger partial charge in [-0.15, -0.1) is 11.3 Å². The molecule has 0 fully saturated rings. The molecule has 1 heterocycles. The fourth-order valence-electron chi connectivity index (χ4n) is 3.87. The molecule has 2 aromatic carbocycles. The van der Waals surface area contributed by atoms with Crippen LogP contribution in [0.5, 0.6) is 17.2 Å². The Bertz CT molecular complexity index is 1150. The molecule has 0 saturated carbocycles. The molecule has 1 aliphatic rings. The van der Waals surface area contributed by atoms with Crippen LogP contribution in [0.3, 0.4) is 0 Å². The molecule has 0 bridgehead atoms. The lowest BCUT2D eigenvalue weighted by atomic mass is 9.93. The molecular formula is C23H24N2O4S. The third kappa shape index (κ3) is 3.39. The first-order valence-electron chi connectivity index (χ1n) is 9.81. The molecule has 156 valence electrons. The highest BCUT2D eigenvalue weighted by Crippen LogP contribution is 2.38. The molecular weight excluding hydrogens is 400 g/mol. The summed E-state index contributed by atoms with van der Waals surface area (Å²) in [6, 6.07) is 11.7. The van der Waals surface area contributed by atoms with Crippen molar-refractivity contribution in [1.82, 2.24) is 4.57 Å². The molecule has 0 saturated heterocycles. The number of methoxy groups -OCH3 is 3. The van der Waals surface area contributed by atoms with Gasteiger partial charge in [-0.25, -0.2) is 0 Å². The predicted molar refractivity (Wildman–Crippen MR) is 117 cm³/mol. The van der Waals surface area contributed by atoms with Crippen LogP contribution in [-0.4, -0.2) is 31.8 Å². The van der Waals surface area contributed by atoms with Gasteiger partial charge in [0.1, 0.15) is 0 Å². The number of thiazole rings is 1. The molecule has 0 atom stereocenters. The first kappa shape index (κ1) is 20.2. The van der Waals surface area contributed by atoms with Crippen molar-refractivity contribution in [2.24, 2.45) is 4.99 Å². The Hall–Kier alpha value is -3.06. The summed E-state index contributed by atoms with van der Waals surface area (Å²) in [5, 5.41) is 0. The number of ether oxygens (including phenoxy) is 3. The van der Waals surface area contributed by atoms with Crippen molar-refractivity contribution >= 4 is 17.2 Å². The SMILES string of the molecule is CCn1c2c(sc1=NC(=O)c1cc(OC)c(OC)c(OC)c1)CCc1ccccc1-2. The van der Waals surface area contributed by atoms with Crippen LogP contribution in [-0.2, 0) is 19.4 Å². The fourth-order valence-corrected chi connectivity index (χ4v) is 5.08. The van der Waals surface area contributed by atoms with Crippen LogP contribution in [0.25, 0.3) is 11.3 Å². The van der Waals surface area contributed by atoms with Crippen molar-refractivity contribution in [3.8, 4) is 28.5 Å². The molecule has 30 heavy (non-hydrogen) atoms. The molecule has 1 amide bonds.